The van der Waals surface area contributed by atoms with Gasteiger partial charge in [0.15, 0.2) is 0 Å². The van der Waals surface area contributed by atoms with Gasteiger partial charge >= 0.3 is 0 Å². The Labute approximate surface area is 175 Å². The fourth-order valence-electron chi connectivity index (χ4n) is 4.30. The number of nitro groups is 1. The predicted octanol–water partition coefficient (Wildman–Crippen LogP) is 4.67. The van der Waals surface area contributed by atoms with Crippen molar-refractivity contribution in [2.75, 3.05) is 5.32 Å². The van der Waals surface area contributed by atoms with Crippen molar-refractivity contribution in [2.24, 2.45) is 0 Å². The van der Waals surface area contributed by atoms with Gasteiger partial charge in [0.2, 0.25) is 0 Å². The number of non-ortho nitro benzene ring substituents is 1. The van der Waals surface area contributed by atoms with Crippen LogP contribution in [0.3, 0.4) is 0 Å². The van der Waals surface area contributed by atoms with Crippen LogP contribution in [0.2, 0.25) is 0 Å². The summed E-state index contributed by atoms with van der Waals surface area (Å²) in [4.78, 5) is 22.6. The SMILES string of the molecule is O=[N+]([O-])c1cccc(CNc2nc(-n3cccn3)nc3sc4c(c23)C2=CCCC24)c1. The van der Waals surface area contributed by atoms with Crippen LogP contribution in [0.25, 0.3) is 21.7 Å². The molecular weight excluding hydrogens is 400 g/mol. The van der Waals surface area contributed by atoms with Gasteiger partial charge in [0.1, 0.15) is 10.6 Å². The molecule has 8 nitrogen and oxygen atoms in total. The second-order valence-electron chi connectivity index (χ2n) is 7.41. The monoisotopic (exact) mass is 416 g/mol. The second kappa shape index (κ2) is 6.46. The standard InChI is InChI=1S/C21H16N6O2S/c28-27(29)13-5-1-4-12(10-13)11-22-19-17-16-14-6-2-7-15(14)18(16)30-20(17)25-21(24-19)26-9-3-8-23-26/h1,3-6,8-10,15H,2,7,11H2,(H,22,24,25). The van der Waals surface area contributed by atoms with Crippen molar-refractivity contribution in [3.8, 4) is 5.95 Å². The van der Waals surface area contributed by atoms with Gasteiger partial charge in [-0.15, -0.1) is 11.3 Å². The quantitative estimate of drug-likeness (QED) is 0.375. The lowest BCUT2D eigenvalue weighted by Gasteiger charge is -2.26. The van der Waals surface area contributed by atoms with Crippen LogP contribution >= 0.6 is 11.3 Å². The zero-order chi connectivity index (χ0) is 20.2. The second-order valence-corrected chi connectivity index (χ2v) is 8.44. The summed E-state index contributed by atoms with van der Waals surface area (Å²) in [6.07, 6.45) is 8.13. The summed E-state index contributed by atoms with van der Waals surface area (Å²) in [7, 11) is 0. The Bertz CT molecular complexity index is 1340. The molecule has 0 saturated heterocycles. The van der Waals surface area contributed by atoms with E-state index in [1.54, 1.807) is 34.3 Å². The van der Waals surface area contributed by atoms with E-state index in [4.69, 9.17) is 9.97 Å². The average molecular weight is 416 g/mol. The van der Waals surface area contributed by atoms with Crippen molar-refractivity contribution in [1.29, 1.82) is 0 Å². The summed E-state index contributed by atoms with van der Waals surface area (Å²) >= 11 is 1.73. The number of hydrogen-bond donors (Lipinski definition) is 1. The van der Waals surface area contributed by atoms with Gasteiger partial charge in [-0.05, 0) is 30.0 Å². The molecule has 0 bridgehead atoms. The number of hydrogen-bond acceptors (Lipinski definition) is 7. The molecule has 9 heteroatoms. The third-order valence-corrected chi connectivity index (χ3v) is 6.86. The molecule has 1 atom stereocenters. The van der Waals surface area contributed by atoms with Gasteiger partial charge in [0.25, 0.3) is 11.6 Å². The molecule has 2 aliphatic rings. The Kier molecular flexibility index (Phi) is 3.72. The maximum Gasteiger partial charge on any atom is 0.269 e. The minimum Gasteiger partial charge on any atom is -0.365 e. The zero-order valence-corrected chi connectivity index (χ0v) is 16.6. The number of anilines is 1. The van der Waals surface area contributed by atoms with Gasteiger partial charge in [-0.3, -0.25) is 10.1 Å². The molecule has 3 aromatic heterocycles. The van der Waals surface area contributed by atoms with E-state index in [1.165, 1.54) is 28.5 Å². The highest BCUT2D eigenvalue weighted by atomic mass is 32.1. The molecular formula is C21H16N6O2S. The van der Waals surface area contributed by atoms with E-state index in [9.17, 15) is 10.1 Å². The number of aromatic nitrogens is 4. The Morgan fingerprint density at radius 2 is 2.23 bits per heavy atom. The van der Waals surface area contributed by atoms with E-state index in [0.29, 0.717) is 18.4 Å². The van der Waals surface area contributed by atoms with Gasteiger partial charge in [-0.2, -0.15) is 15.1 Å². The van der Waals surface area contributed by atoms with Gasteiger partial charge in [0, 0.05) is 47.4 Å². The van der Waals surface area contributed by atoms with Crippen LogP contribution < -0.4 is 5.32 Å². The third-order valence-electron chi connectivity index (χ3n) is 5.66. The van der Waals surface area contributed by atoms with Crippen LogP contribution in [0.4, 0.5) is 11.5 Å². The summed E-state index contributed by atoms with van der Waals surface area (Å²) < 4.78 is 1.65. The largest absolute Gasteiger partial charge is 0.365 e. The summed E-state index contributed by atoms with van der Waals surface area (Å²) in [6, 6.07) is 8.49. The summed E-state index contributed by atoms with van der Waals surface area (Å²) in [5.74, 6) is 1.78. The number of nitrogens with one attached hydrogen (secondary N) is 1. The molecule has 148 valence electrons. The van der Waals surface area contributed by atoms with Crippen LogP contribution in [-0.4, -0.2) is 24.7 Å². The van der Waals surface area contributed by atoms with Crippen molar-refractivity contribution in [3.05, 3.63) is 74.9 Å². The molecule has 30 heavy (non-hydrogen) atoms. The Morgan fingerprint density at radius 3 is 3.07 bits per heavy atom. The van der Waals surface area contributed by atoms with E-state index >= 15 is 0 Å². The maximum absolute atomic E-state index is 11.1. The van der Waals surface area contributed by atoms with E-state index < -0.39 is 0 Å². The van der Waals surface area contributed by atoms with Crippen LogP contribution in [0.5, 0.6) is 0 Å². The van der Waals surface area contributed by atoms with Crippen molar-refractivity contribution in [2.45, 2.75) is 25.3 Å². The number of thiophene rings is 1. The lowest BCUT2D eigenvalue weighted by atomic mass is 9.80. The Balaban J connectivity index is 1.44. The highest BCUT2D eigenvalue weighted by Gasteiger charge is 2.39. The highest BCUT2D eigenvalue weighted by molar-refractivity contribution is 7.19. The van der Waals surface area contributed by atoms with Crippen molar-refractivity contribution < 1.29 is 4.92 Å². The van der Waals surface area contributed by atoms with Crippen LogP contribution in [0, 0.1) is 10.1 Å². The number of rotatable bonds is 5. The smallest absolute Gasteiger partial charge is 0.269 e. The molecule has 0 fully saturated rings. The predicted molar refractivity (Wildman–Crippen MR) is 115 cm³/mol. The first-order valence-electron chi connectivity index (χ1n) is 9.71. The minimum absolute atomic E-state index is 0.0814. The molecule has 1 N–H and O–H groups in total. The lowest BCUT2D eigenvalue weighted by molar-refractivity contribution is -0.384. The van der Waals surface area contributed by atoms with Crippen LogP contribution in [0.15, 0.2) is 48.8 Å². The highest BCUT2D eigenvalue weighted by Crippen LogP contribution is 2.59. The zero-order valence-electron chi connectivity index (χ0n) is 15.8. The lowest BCUT2D eigenvalue weighted by Crippen LogP contribution is -2.11. The van der Waals surface area contributed by atoms with E-state index in [-0.39, 0.29) is 10.6 Å². The molecule has 4 aromatic rings. The average Bonchev–Trinajstić information content (AvgIpc) is 3.47. The van der Waals surface area contributed by atoms with Crippen LogP contribution in [-0.2, 0) is 6.54 Å². The fourth-order valence-corrected chi connectivity index (χ4v) is 5.64. The van der Waals surface area contributed by atoms with Gasteiger partial charge < -0.3 is 5.32 Å². The van der Waals surface area contributed by atoms with Gasteiger partial charge in [-0.1, -0.05) is 18.2 Å². The van der Waals surface area contributed by atoms with E-state index in [1.807, 2.05) is 18.3 Å². The molecule has 0 amide bonds. The normalized spacial score (nSPS) is 16.7. The fraction of sp³-hybridized carbons (Fsp3) is 0.190. The molecule has 0 spiro atoms. The number of benzene rings is 1. The molecule has 0 saturated carbocycles. The van der Waals surface area contributed by atoms with Crippen LogP contribution in [0.1, 0.15) is 34.8 Å². The van der Waals surface area contributed by atoms with E-state index in [2.05, 4.69) is 16.5 Å². The van der Waals surface area contributed by atoms with Gasteiger partial charge in [-0.25, -0.2) is 4.68 Å². The number of nitro benzene ring substituents is 1. The number of allylic oxidation sites excluding steroid dienone is 2. The van der Waals surface area contributed by atoms with Crippen molar-refractivity contribution in [1.82, 2.24) is 19.7 Å². The van der Waals surface area contributed by atoms with Gasteiger partial charge in [0.05, 0.1) is 10.3 Å². The topological polar surface area (TPSA) is 98.8 Å². The molecule has 6 rings (SSSR count). The first-order valence-corrected chi connectivity index (χ1v) is 10.5. The van der Waals surface area contributed by atoms with Crippen molar-refractivity contribution >= 4 is 38.6 Å². The minimum atomic E-state index is -0.378. The molecule has 3 heterocycles. The first-order chi connectivity index (χ1) is 14.7. The Hall–Kier alpha value is -3.59. The molecule has 1 aromatic carbocycles. The van der Waals surface area contributed by atoms with E-state index in [0.717, 1.165) is 28.0 Å². The maximum atomic E-state index is 11.1. The molecule has 2 aliphatic carbocycles. The summed E-state index contributed by atoms with van der Waals surface area (Å²) in [5, 5.41) is 19.8. The third kappa shape index (κ3) is 2.55. The van der Waals surface area contributed by atoms with Crippen molar-refractivity contribution in [3.63, 3.8) is 0 Å². The summed E-state index contributed by atoms with van der Waals surface area (Å²) in [6.45, 7) is 0.430. The summed E-state index contributed by atoms with van der Waals surface area (Å²) in [5.41, 5.74) is 3.58. The molecule has 0 aliphatic heterocycles. The number of nitrogens with zero attached hydrogens (tertiary/aromatic N) is 5. The Morgan fingerprint density at radius 1 is 1.30 bits per heavy atom. The first kappa shape index (κ1) is 17.3. The molecule has 0 radical (unpaired) electrons. The number of fused-ring (bicyclic) bond motifs is 6. The molecule has 1 unspecified atom stereocenters.